The molecule has 2 aromatic carbocycles. The van der Waals surface area contributed by atoms with E-state index in [0.29, 0.717) is 23.7 Å². The van der Waals surface area contributed by atoms with Crippen LogP contribution in [0.3, 0.4) is 0 Å². The lowest BCUT2D eigenvalue weighted by atomic mass is 10.00. The van der Waals surface area contributed by atoms with Crippen LogP contribution >= 0.6 is 0 Å². The quantitative estimate of drug-likeness (QED) is 0.339. The molecule has 0 heterocycles. The summed E-state index contributed by atoms with van der Waals surface area (Å²) in [6, 6.07) is 12.0. The van der Waals surface area contributed by atoms with Crippen molar-refractivity contribution in [3.63, 3.8) is 0 Å². The lowest BCUT2D eigenvalue weighted by molar-refractivity contribution is -0.142. The fourth-order valence-electron chi connectivity index (χ4n) is 4.02. The molecule has 6 heteroatoms. The molecule has 0 saturated heterocycles. The van der Waals surface area contributed by atoms with Gasteiger partial charge >= 0.3 is 5.97 Å². The van der Waals surface area contributed by atoms with Crippen LogP contribution in [0, 0.1) is 0 Å². The monoisotopic (exact) mass is 435 g/mol. The van der Waals surface area contributed by atoms with Gasteiger partial charge in [-0.05, 0) is 75.4 Å². The van der Waals surface area contributed by atoms with Crippen LogP contribution in [0.5, 0.6) is 5.75 Å². The largest absolute Gasteiger partial charge is 0.489 e. The number of benzene rings is 2. The van der Waals surface area contributed by atoms with Crippen molar-refractivity contribution in [2.24, 2.45) is 4.99 Å². The molecule has 0 spiro atoms. The van der Waals surface area contributed by atoms with E-state index in [-0.39, 0.29) is 24.7 Å². The molecule has 0 radical (unpaired) electrons. The van der Waals surface area contributed by atoms with Crippen LogP contribution in [-0.2, 0) is 16.0 Å². The Bertz CT molecular complexity index is 1030. The zero-order valence-electron chi connectivity index (χ0n) is 19.4. The van der Waals surface area contributed by atoms with Gasteiger partial charge in [0.05, 0.1) is 30.6 Å². The Kier molecular flexibility index (Phi) is 7.70. The van der Waals surface area contributed by atoms with E-state index < -0.39 is 0 Å². The molecule has 1 aliphatic rings. The van der Waals surface area contributed by atoms with E-state index in [2.05, 4.69) is 24.0 Å². The summed E-state index contributed by atoms with van der Waals surface area (Å²) in [5.41, 5.74) is 12.7. The molecule has 0 aromatic heterocycles. The molecule has 0 fully saturated rings. The standard InChI is InChI=1S/C26H33N3O3/c1-6-31-26(30)15-28-24-12-11-21-20(8-7-9-22(21)24)18(5)29-17(4)19-10-13-25(23(27)14-19)32-16(2)3/h7-10,13-14,16,24,28H,5-6,11-12,15,27H2,1-4H3. The lowest BCUT2D eigenvalue weighted by Gasteiger charge is -2.15. The van der Waals surface area contributed by atoms with E-state index in [1.165, 1.54) is 11.1 Å². The van der Waals surface area contributed by atoms with Gasteiger partial charge in [-0.2, -0.15) is 0 Å². The van der Waals surface area contributed by atoms with Crippen LogP contribution in [0.1, 0.15) is 62.4 Å². The Hall–Kier alpha value is -3.12. The van der Waals surface area contributed by atoms with E-state index in [0.717, 1.165) is 29.7 Å². The maximum atomic E-state index is 11.7. The van der Waals surface area contributed by atoms with Gasteiger partial charge in [-0.15, -0.1) is 0 Å². The summed E-state index contributed by atoms with van der Waals surface area (Å²) in [5.74, 6) is 0.448. The Labute approximate surface area is 190 Å². The number of hydrogen-bond donors (Lipinski definition) is 2. The molecular formula is C26H33N3O3. The minimum Gasteiger partial charge on any atom is -0.489 e. The molecule has 170 valence electrons. The van der Waals surface area contributed by atoms with E-state index >= 15 is 0 Å². The predicted octanol–water partition coefficient (Wildman–Crippen LogP) is 4.68. The summed E-state index contributed by atoms with van der Waals surface area (Å²) < 4.78 is 10.7. The highest BCUT2D eigenvalue weighted by Gasteiger charge is 2.25. The van der Waals surface area contributed by atoms with Gasteiger partial charge < -0.3 is 20.5 Å². The molecule has 0 amide bonds. The zero-order valence-corrected chi connectivity index (χ0v) is 19.4. The summed E-state index contributed by atoms with van der Waals surface area (Å²) in [6.45, 7) is 12.5. The molecule has 1 atom stereocenters. The third-order valence-corrected chi connectivity index (χ3v) is 5.47. The summed E-state index contributed by atoms with van der Waals surface area (Å²) >= 11 is 0. The van der Waals surface area contributed by atoms with E-state index in [4.69, 9.17) is 20.2 Å². The topological polar surface area (TPSA) is 85.9 Å². The van der Waals surface area contributed by atoms with E-state index in [9.17, 15) is 4.79 Å². The van der Waals surface area contributed by atoms with Crippen molar-refractivity contribution in [1.29, 1.82) is 0 Å². The van der Waals surface area contributed by atoms with Gasteiger partial charge in [0.15, 0.2) is 0 Å². The number of nitrogens with zero attached hydrogens (tertiary/aromatic N) is 1. The number of nitrogen functional groups attached to an aromatic ring is 1. The SMILES string of the molecule is C=C(N=C(C)c1ccc(OC(C)C)c(N)c1)c1cccc2c1CCC2NCC(=O)OCC. The van der Waals surface area contributed by atoms with Crippen molar-refractivity contribution in [2.75, 3.05) is 18.9 Å². The third-order valence-electron chi connectivity index (χ3n) is 5.47. The first-order chi connectivity index (χ1) is 15.3. The minimum absolute atomic E-state index is 0.0634. The molecule has 3 rings (SSSR count). The van der Waals surface area contributed by atoms with Gasteiger partial charge in [0.2, 0.25) is 0 Å². The van der Waals surface area contributed by atoms with E-state index in [1.54, 1.807) is 0 Å². The minimum atomic E-state index is -0.231. The summed E-state index contributed by atoms with van der Waals surface area (Å²) in [4.78, 5) is 16.5. The van der Waals surface area contributed by atoms with Crippen LogP contribution in [0.2, 0.25) is 0 Å². The van der Waals surface area contributed by atoms with Crippen molar-refractivity contribution in [2.45, 2.75) is 52.7 Å². The van der Waals surface area contributed by atoms with Crippen LogP contribution in [0.15, 0.2) is 48.0 Å². The van der Waals surface area contributed by atoms with Gasteiger partial charge in [0.1, 0.15) is 5.75 Å². The van der Waals surface area contributed by atoms with E-state index in [1.807, 2.05) is 52.0 Å². The fraction of sp³-hybridized carbons (Fsp3) is 0.385. The molecule has 3 N–H and O–H groups in total. The molecular weight excluding hydrogens is 402 g/mol. The summed E-state index contributed by atoms with van der Waals surface area (Å²) in [7, 11) is 0. The zero-order chi connectivity index (χ0) is 23.3. The Balaban J connectivity index is 1.77. The van der Waals surface area contributed by atoms with Crippen molar-refractivity contribution >= 4 is 23.1 Å². The number of rotatable bonds is 9. The Morgan fingerprint density at radius 1 is 1.31 bits per heavy atom. The highest BCUT2D eigenvalue weighted by atomic mass is 16.5. The fourth-order valence-corrected chi connectivity index (χ4v) is 4.02. The average molecular weight is 436 g/mol. The molecule has 32 heavy (non-hydrogen) atoms. The van der Waals surface area contributed by atoms with Gasteiger partial charge in [0, 0.05) is 17.3 Å². The Morgan fingerprint density at radius 2 is 2.09 bits per heavy atom. The third kappa shape index (κ3) is 5.56. The molecule has 2 aromatic rings. The number of anilines is 1. The first-order valence-corrected chi connectivity index (χ1v) is 11.1. The lowest BCUT2D eigenvalue weighted by Crippen LogP contribution is -2.27. The number of ether oxygens (including phenoxy) is 2. The number of nitrogens with two attached hydrogens (primary N) is 1. The summed E-state index contributed by atoms with van der Waals surface area (Å²) in [5, 5.41) is 3.31. The van der Waals surface area contributed by atoms with Crippen molar-refractivity contribution in [1.82, 2.24) is 5.32 Å². The molecule has 6 nitrogen and oxygen atoms in total. The van der Waals surface area contributed by atoms with Crippen LogP contribution < -0.4 is 15.8 Å². The van der Waals surface area contributed by atoms with Crippen molar-refractivity contribution < 1.29 is 14.3 Å². The number of nitrogens with one attached hydrogen (secondary N) is 1. The normalized spacial score (nSPS) is 15.5. The van der Waals surface area contributed by atoms with Gasteiger partial charge in [-0.3, -0.25) is 9.79 Å². The first kappa shape index (κ1) is 23.5. The molecule has 0 bridgehead atoms. The first-order valence-electron chi connectivity index (χ1n) is 11.1. The number of esters is 1. The molecule has 0 saturated carbocycles. The predicted molar refractivity (Wildman–Crippen MR) is 130 cm³/mol. The van der Waals surface area contributed by atoms with Crippen LogP contribution in [0.25, 0.3) is 5.70 Å². The van der Waals surface area contributed by atoms with Gasteiger partial charge in [-0.1, -0.05) is 24.8 Å². The smallest absolute Gasteiger partial charge is 0.319 e. The van der Waals surface area contributed by atoms with Gasteiger partial charge in [-0.25, -0.2) is 0 Å². The maximum absolute atomic E-state index is 11.7. The molecule has 1 unspecified atom stereocenters. The van der Waals surface area contributed by atoms with Crippen molar-refractivity contribution in [3.05, 3.63) is 65.2 Å². The molecule has 0 aliphatic heterocycles. The highest BCUT2D eigenvalue weighted by molar-refractivity contribution is 6.02. The van der Waals surface area contributed by atoms with Crippen LogP contribution in [-0.4, -0.2) is 30.9 Å². The van der Waals surface area contributed by atoms with Gasteiger partial charge in [0.25, 0.3) is 0 Å². The highest BCUT2D eigenvalue weighted by Crippen LogP contribution is 2.36. The number of aliphatic imine (C=N–C) groups is 1. The summed E-state index contributed by atoms with van der Waals surface area (Å²) in [6.07, 6.45) is 1.90. The second kappa shape index (κ2) is 10.5. The number of carbonyl (C=O) groups is 1. The average Bonchev–Trinajstić information content (AvgIpc) is 3.16. The molecule has 1 aliphatic carbocycles. The second-order valence-electron chi connectivity index (χ2n) is 8.21. The van der Waals surface area contributed by atoms with Crippen molar-refractivity contribution in [3.8, 4) is 5.75 Å². The maximum Gasteiger partial charge on any atom is 0.319 e. The Morgan fingerprint density at radius 3 is 2.78 bits per heavy atom. The number of fused-ring (bicyclic) bond motifs is 1. The number of hydrogen-bond acceptors (Lipinski definition) is 6. The number of carbonyl (C=O) groups excluding carboxylic acids is 1. The second-order valence-corrected chi connectivity index (χ2v) is 8.21. The van der Waals surface area contributed by atoms with Crippen LogP contribution in [0.4, 0.5) is 5.69 Å².